The molecule has 0 aliphatic rings. The molecule has 0 N–H and O–H groups in total. The van der Waals surface area contributed by atoms with E-state index in [1.165, 1.54) is 0 Å². The molecule has 0 amide bonds. The van der Waals surface area contributed by atoms with E-state index in [-0.39, 0.29) is 15.8 Å². The number of rotatable bonds is 8. The van der Waals surface area contributed by atoms with Crippen molar-refractivity contribution >= 4 is 15.7 Å². The summed E-state index contributed by atoms with van der Waals surface area (Å²) in [5, 5.41) is 0. The second kappa shape index (κ2) is 10.3. The topological polar surface area (TPSA) is 65.1 Å². The van der Waals surface area contributed by atoms with E-state index in [2.05, 4.69) is 0 Å². The van der Waals surface area contributed by atoms with Gasteiger partial charge >= 0.3 is 0 Å². The number of anilines is 1. The van der Waals surface area contributed by atoms with Gasteiger partial charge in [0.1, 0.15) is 5.75 Å². The molecule has 0 bridgehead atoms. The summed E-state index contributed by atoms with van der Waals surface area (Å²) in [6.07, 6.45) is 5.20. The van der Waals surface area contributed by atoms with Crippen LogP contribution in [-0.2, 0) is 10.0 Å². The van der Waals surface area contributed by atoms with Crippen LogP contribution in [0.3, 0.4) is 0 Å². The molecule has 6 nitrogen and oxygen atoms in total. The maximum Gasteiger partial charge on any atom is 0.272 e. The van der Waals surface area contributed by atoms with Gasteiger partial charge in [-0.1, -0.05) is 5.92 Å². The predicted molar refractivity (Wildman–Crippen MR) is 116 cm³/mol. The van der Waals surface area contributed by atoms with Gasteiger partial charge in [0.15, 0.2) is 45.4 Å². The summed E-state index contributed by atoms with van der Waals surface area (Å²) in [5.41, 5.74) is -0.489. The molecule has 0 fully saturated rings. The quantitative estimate of drug-likeness (QED) is 0.174. The average Bonchev–Trinajstić information content (AvgIpc) is 2.84. The Morgan fingerprint density at radius 3 is 1.92 bits per heavy atom. The van der Waals surface area contributed by atoms with Gasteiger partial charge in [-0.25, -0.2) is 30.4 Å². The molecule has 190 valence electrons. The minimum Gasteiger partial charge on any atom is -0.494 e. The van der Waals surface area contributed by atoms with Gasteiger partial charge < -0.3 is 14.2 Å². The molecule has 0 aromatic heterocycles. The Hall–Kier alpha value is -4.05. The van der Waals surface area contributed by atoms with Crippen LogP contribution in [0.25, 0.3) is 0 Å². The summed E-state index contributed by atoms with van der Waals surface area (Å²) in [4.78, 5) is -1.80. The first kappa shape index (κ1) is 26.6. The second-order valence-electron chi connectivity index (χ2n) is 6.85. The van der Waals surface area contributed by atoms with Crippen LogP contribution in [0.1, 0.15) is 0 Å². The van der Waals surface area contributed by atoms with E-state index in [1.807, 2.05) is 5.92 Å². The smallest absolute Gasteiger partial charge is 0.272 e. The Bertz CT molecular complexity index is 1470. The molecule has 36 heavy (non-hydrogen) atoms. The van der Waals surface area contributed by atoms with Crippen LogP contribution >= 0.6 is 0 Å². The Kier molecular flexibility index (Phi) is 7.59. The number of sulfonamides is 1. The summed E-state index contributed by atoms with van der Waals surface area (Å²) in [7, 11) is -3.13. The molecule has 0 unspecified atom stereocenters. The van der Waals surface area contributed by atoms with Gasteiger partial charge in [0.25, 0.3) is 10.0 Å². The number of benzene rings is 3. The minimum atomic E-state index is -5.40. The van der Waals surface area contributed by atoms with Crippen LogP contribution in [0.15, 0.2) is 41.3 Å². The first-order chi connectivity index (χ1) is 17.0. The van der Waals surface area contributed by atoms with Crippen LogP contribution in [0.2, 0.25) is 0 Å². The fourth-order valence-electron chi connectivity index (χ4n) is 3.06. The Morgan fingerprint density at radius 2 is 1.39 bits per heavy atom. The number of halogens is 6. The van der Waals surface area contributed by atoms with Crippen molar-refractivity contribution in [3.63, 3.8) is 0 Å². The molecular formula is C23H15F6NO5S. The van der Waals surface area contributed by atoms with Crippen molar-refractivity contribution in [1.82, 2.24) is 0 Å². The molecule has 13 heteroatoms. The molecule has 3 aromatic rings. The predicted octanol–water partition coefficient (Wildman–Crippen LogP) is 5.16. The fraction of sp³-hybridized carbons (Fsp3) is 0.130. The summed E-state index contributed by atoms with van der Waals surface area (Å²) in [5.74, 6) is -12.4. The zero-order valence-corrected chi connectivity index (χ0v) is 19.2. The van der Waals surface area contributed by atoms with Gasteiger partial charge in [-0.15, -0.1) is 6.42 Å². The largest absolute Gasteiger partial charge is 0.494 e. The van der Waals surface area contributed by atoms with Crippen molar-refractivity contribution in [3.8, 4) is 35.3 Å². The number of terminal acetylenes is 1. The lowest BCUT2D eigenvalue weighted by atomic mass is 10.2. The van der Waals surface area contributed by atoms with E-state index < -0.39 is 73.6 Å². The number of hydrogen-bond donors (Lipinski definition) is 0. The maximum atomic E-state index is 14.9. The van der Waals surface area contributed by atoms with Crippen molar-refractivity contribution in [2.24, 2.45) is 0 Å². The molecule has 0 saturated heterocycles. The van der Waals surface area contributed by atoms with Crippen LogP contribution in [0.4, 0.5) is 32.0 Å². The van der Waals surface area contributed by atoms with E-state index in [4.69, 9.17) is 20.6 Å². The van der Waals surface area contributed by atoms with Crippen molar-refractivity contribution < 1.29 is 49.0 Å². The third-order valence-corrected chi connectivity index (χ3v) is 6.53. The average molecular weight is 531 g/mol. The highest BCUT2D eigenvalue weighted by Crippen LogP contribution is 2.40. The van der Waals surface area contributed by atoms with Gasteiger partial charge in [0.05, 0.1) is 26.5 Å². The number of nitrogens with zero attached hydrogens (tertiary/aromatic N) is 1. The van der Waals surface area contributed by atoms with Crippen molar-refractivity contribution in [1.29, 1.82) is 0 Å². The highest BCUT2D eigenvalue weighted by Gasteiger charge is 2.38. The van der Waals surface area contributed by atoms with Gasteiger partial charge in [-0.3, -0.25) is 4.31 Å². The van der Waals surface area contributed by atoms with E-state index in [0.717, 1.165) is 38.5 Å². The minimum absolute atomic E-state index is 0.228. The molecule has 0 atom stereocenters. The van der Waals surface area contributed by atoms with Crippen LogP contribution in [0.5, 0.6) is 23.0 Å². The monoisotopic (exact) mass is 531 g/mol. The van der Waals surface area contributed by atoms with Crippen LogP contribution in [-0.4, -0.2) is 29.2 Å². The lowest BCUT2D eigenvalue weighted by Gasteiger charge is -2.24. The molecular weight excluding hydrogens is 516 g/mol. The number of methoxy groups -OCH3 is 2. The Labute approximate surface area is 201 Å². The second-order valence-corrected chi connectivity index (χ2v) is 8.65. The first-order valence-corrected chi connectivity index (χ1v) is 11.1. The Balaban J connectivity index is 2.27. The molecule has 0 spiro atoms. The molecule has 0 aliphatic heterocycles. The van der Waals surface area contributed by atoms with Crippen LogP contribution < -0.4 is 18.5 Å². The molecule has 0 heterocycles. The molecule has 0 saturated carbocycles. The van der Waals surface area contributed by atoms with Gasteiger partial charge in [-0.2, -0.15) is 4.39 Å². The maximum absolute atomic E-state index is 14.9. The zero-order chi connectivity index (χ0) is 26.8. The lowest BCUT2D eigenvalue weighted by Crippen LogP contribution is -2.33. The Morgan fingerprint density at radius 1 is 0.833 bits per heavy atom. The zero-order valence-electron chi connectivity index (χ0n) is 18.4. The number of ether oxygens (including phenoxy) is 3. The van der Waals surface area contributed by atoms with Crippen LogP contribution in [0, 0.1) is 47.2 Å². The van der Waals surface area contributed by atoms with Gasteiger partial charge in [-0.05, 0) is 24.3 Å². The van der Waals surface area contributed by atoms with E-state index in [0.29, 0.717) is 12.1 Å². The fourth-order valence-corrected chi connectivity index (χ4v) is 4.60. The van der Waals surface area contributed by atoms with Crippen molar-refractivity contribution in [2.75, 3.05) is 25.1 Å². The SMILES string of the molecule is C#CCN(c1ccc(OC)c(F)c1)S(=O)(=O)c1c(F)c(F)c(F)c(F)c1Oc1ccc(OC)c(F)c1. The third kappa shape index (κ3) is 4.72. The van der Waals surface area contributed by atoms with Gasteiger partial charge in [0.2, 0.25) is 11.6 Å². The number of hydrogen-bond acceptors (Lipinski definition) is 5. The molecule has 0 aliphatic carbocycles. The first-order valence-electron chi connectivity index (χ1n) is 9.65. The summed E-state index contributed by atoms with van der Waals surface area (Å²) >= 11 is 0. The molecule has 3 aromatic carbocycles. The van der Waals surface area contributed by atoms with Crippen molar-refractivity contribution in [2.45, 2.75) is 4.90 Å². The molecule has 3 rings (SSSR count). The van der Waals surface area contributed by atoms with Crippen molar-refractivity contribution in [3.05, 3.63) is 71.3 Å². The summed E-state index contributed by atoms with van der Waals surface area (Å²) in [6.45, 7) is -0.870. The van der Waals surface area contributed by atoms with E-state index in [9.17, 15) is 34.8 Å². The molecule has 0 radical (unpaired) electrons. The normalized spacial score (nSPS) is 11.1. The van der Waals surface area contributed by atoms with Gasteiger partial charge in [0, 0.05) is 12.1 Å². The summed E-state index contributed by atoms with van der Waals surface area (Å²) < 4.78 is 128. The highest BCUT2D eigenvalue weighted by atomic mass is 32.2. The lowest BCUT2D eigenvalue weighted by molar-refractivity contribution is 0.349. The third-order valence-electron chi connectivity index (χ3n) is 4.73. The highest BCUT2D eigenvalue weighted by molar-refractivity contribution is 7.93. The van der Waals surface area contributed by atoms with E-state index in [1.54, 1.807) is 0 Å². The standard InChI is InChI=1S/C23H15F6NO5S/c1-4-9-30(12-5-7-16(33-2)14(24)10-12)36(31,32)23-21(29)19(27)18(26)20(28)22(23)35-13-6-8-17(34-3)15(25)11-13/h1,5-8,10-11H,9H2,2-3H3. The van der Waals surface area contributed by atoms with E-state index >= 15 is 0 Å². The summed E-state index contributed by atoms with van der Waals surface area (Å²) in [6, 6.07) is 5.26.